The number of nitrogens with zero attached hydrogens (tertiary/aromatic N) is 1. The number of benzene rings is 2. The van der Waals surface area contributed by atoms with Crippen LogP contribution in [0.2, 0.25) is 5.02 Å². The first kappa shape index (κ1) is 22.2. The lowest BCUT2D eigenvalue weighted by atomic mass is 10.1. The second-order valence-corrected chi connectivity index (χ2v) is 8.93. The summed E-state index contributed by atoms with van der Waals surface area (Å²) in [5.41, 5.74) is 2.60. The second-order valence-electron chi connectivity index (χ2n) is 7.16. The van der Waals surface area contributed by atoms with Crippen molar-refractivity contribution in [3.8, 4) is 5.75 Å². The molecule has 8 heteroatoms. The number of aryl methyl sites for hydroxylation is 1. The van der Waals surface area contributed by atoms with Gasteiger partial charge in [0.1, 0.15) is 5.75 Å². The van der Waals surface area contributed by atoms with Gasteiger partial charge in [-0.3, -0.25) is 14.4 Å². The van der Waals surface area contributed by atoms with E-state index >= 15 is 0 Å². The molecule has 2 atom stereocenters. The van der Waals surface area contributed by atoms with E-state index in [0.29, 0.717) is 27.7 Å². The van der Waals surface area contributed by atoms with Crippen LogP contribution in [0.15, 0.2) is 36.4 Å². The SMILES string of the molecule is Cc1cc(Cl)ccc1NC(=O)CSC(C)C(=O)c1ccc2c(c1)N(C)C(=O)C(C)O2. The molecule has 1 heterocycles. The maximum Gasteiger partial charge on any atom is 0.267 e. The molecule has 2 aromatic carbocycles. The monoisotopic (exact) mass is 446 g/mol. The lowest BCUT2D eigenvalue weighted by molar-refractivity contribution is -0.125. The van der Waals surface area contributed by atoms with Crippen molar-refractivity contribution in [3.05, 3.63) is 52.5 Å². The Bertz CT molecular complexity index is 1010. The standard InChI is InChI=1S/C22H23ClN2O4S/c1-12-9-16(23)6-7-17(12)24-20(26)11-30-14(3)21(27)15-5-8-19-18(10-15)25(4)22(28)13(2)29-19/h5-10,13-14H,11H2,1-4H3,(H,24,26). The number of thioether (sulfide) groups is 1. The van der Waals surface area contributed by atoms with E-state index in [2.05, 4.69) is 5.32 Å². The Hall–Kier alpha value is -2.51. The summed E-state index contributed by atoms with van der Waals surface area (Å²) in [6, 6.07) is 10.3. The van der Waals surface area contributed by atoms with E-state index in [1.807, 2.05) is 6.92 Å². The highest BCUT2D eigenvalue weighted by Gasteiger charge is 2.30. The van der Waals surface area contributed by atoms with Crippen LogP contribution in [0.4, 0.5) is 11.4 Å². The normalized spacial score (nSPS) is 16.5. The van der Waals surface area contributed by atoms with Crippen LogP contribution in [0.1, 0.15) is 29.8 Å². The van der Waals surface area contributed by atoms with Gasteiger partial charge in [-0.05, 0) is 62.7 Å². The number of rotatable bonds is 6. The molecule has 2 aromatic rings. The van der Waals surface area contributed by atoms with Crippen molar-refractivity contribution in [2.24, 2.45) is 0 Å². The van der Waals surface area contributed by atoms with E-state index in [0.717, 1.165) is 5.56 Å². The summed E-state index contributed by atoms with van der Waals surface area (Å²) in [6.45, 7) is 5.32. The third-order valence-corrected chi connectivity index (χ3v) is 6.26. The number of halogens is 1. The Morgan fingerprint density at radius 2 is 2.00 bits per heavy atom. The number of carbonyl (C=O) groups excluding carboxylic acids is 3. The third-order valence-electron chi connectivity index (χ3n) is 4.88. The van der Waals surface area contributed by atoms with Crippen LogP contribution >= 0.6 is 23.4 Å². The van der Waals surface area contributed by atoms with E-state index in [1.54, 1.807) is 57.3 Å². The van der Waals surface area contributed by atoms with E-state index in [-0.39, 0.29) is 23.4 Å². The number of Topliss-reactive ketones (excluding diaryl/α,β-unsaturated/α-hetero) is 1. The summed E-state index contributed by atoms with van der Waals surface area (Å²) in [7, 11) is 1.66. The van der Waals surface area contributed by atoms with Crippen molar-refractivity contribution in [2.45, 2.75) is 32.1 Å². The number of carbonyl (C=O) groups is 3. The van der Waals surface area contributed by atoms with Crippen molar-refractivity contribution < 1.29 is 19.1 Å². The van der Waals surface area contributed by atoms with Crippen molar-refractivity contribution in [1.82, 2.24) is 0 Å². The number of anilines is 2. The molecule has 2 unspecified atom stereocenters. The molecule has 0 saturated carbocycles. The molecule has 1 aliphatic heterocycles. The van der Waals surface area contributed by atoms with Crippen LogP contribution in [-0.2, 0) is 9.59 Å². The first-order valence-corrected chi connectivity index (χ1v) is 10.9. The van der Waals surface area contributed by atoms with E-state index in [1.165, 1.54) is 16.7 Å². The summed E-state index contributed by atoms with van der Waals surface area (Å²) in [5.74, 6) is 0.239. The molecule has 30 heavy (non-hydrogen) atoms. The number of amides is 2. The Morgan fingerprint density at radius 3 is 2.70 bits per heavy atom. The molecule has 3 rings (SSSR count). The number of ketones is 1. The highest BCUT2D eigenvalue weighted by molar-refractivity contribution is 8.01. The number of nitrogens with one attached hydrogen (secondary N) is 1. The lowest BCUT2D eigenvalue weighted by Crippen LogP contribution is -2.42. The minimum Gasteiger partial charge on any atom is -0.479 e. The maximum absolute atomic E-state index is 12.8. The number of ether oxygens (including phenoxy) is 1. The molecule has 0 fully saturated rings. The van der Waals surface area contributed by atoms with Crippen molar-refractivity contribution in [1.29, 1.82) is 0 Å². The zero-order chi connectivity index (χ0) is 22.0. The molecular formula is C22H23ClN2O4S. The maximum atomic E-state index is 12.8. The fraction of sp³-hybridized carbons (Fsp3) is 0.318. The van der Waals surface area contributed by atoms with Gasteiger partial charge in [0.05, 0.1) is 16.7 Å². The largest absolute Gasteiger partial charge is 0.479 e. The zero-order valence-corrected chi connectivity index (χ0v) is 18.8. The van der Waals surface area contributed by atoms with E-state index in [9.17, 15) is 14.4 Å². The van der Waals surface area contributed by atoms with Crippen molar-refractivity contribution >= 4 is 52.3 Å². The number of hydrogen-bond donors (Lipinski definition) is 1. The van der Waals surface area contributed by atoms with Gasteiger partial charge in [-0.2, -0.15) is 0 Å². The summed E-state index contributed by atoms with van der Waals surface area (Å²) < 4.78 is 5.59. The van der Waals surface area contributed by atoms with Gasteiger partial charge in [0.2, 0.25) is 5.91 Å². The van der Waals surface area contributed by atoms with Crippen LogP contribution < -0.4 is 15.0 Å². The highest BCUT2D eigenvalue weighted by atomic mass is 35.5. The van der Waals surface area contributed by atoms with Gasteiger partial charge < -0.3 is 15.0 Å². The highest BCUT2D eigenvalue weighted by Crippen LogP contribution is 2.34. The summed E-state index contributed by atoms with van der Waals surface area (Å²) in [4.78, 5) is 38.7. The summed E-state index contributed by atoms with van der Waals surface area (Å²) in [6.07, 6.45) is -0.554. The van der Waals surface area contributed by atoms with Gasteiger partial charge in [0, 0.05) is 23.3 Å². The third kappa shape index (κ3) is 4.79. The molecule has 0 bridgehead atoms. The minimum absolute atomic E-state index is 0.113. The van der Waals surface area contributed by atoms with Crippen LogP contribution in [-0.4, -0.2) is 41.8 Å². The molecule has 0 aromatic heterocycles. The Kier molecular flexibility index (Phi) is 6.73. The molecule has 0 spiro atoms. The van der Waals surface area contributed by atoms with Crippen molar-refractivity contribution in [2.75, 3.05) is 23.0 Å². The van der Waals surface area contributed by atoms with E-state index in [4.69, 9.17) is 16.3 Å². The minimum atomic E-state index is -0.554. The Labute approximate surface area is 184 Å². The van der Waals surface area contributed by atoms with Gasteiger partial charge in [-0.1, -0.05) is 11.6 Å². The quantitative estimate of drug-likeness (QED) is 0.668. The van der Waals surface area contributed by atoms with Gasteiger partial charge >= 0.3 is 0 Å². The van der Waals surface area contributed by atoms with Gasteiger partial charge in [0.15, 0.2) is 11.9 Å². The van der Waals surface area contributed by atoms with Crippen molar-refractivity contribution in [3.63, 3.8) is 0 Å². The fourth-order valence-corrected chi connectivity index (χ4v) is 4.12. The summed E-state index contributed by atoms with van der Waals surface area (Å²) >= 11 is 7.19. The average molecular weight is 447 g/mol. The number of fused-ring (bicyclic) bond motifs is 1. The predicted molar refractivity (Wildman–Crippen MR) is 121 cm³/mol. The number of likely N-dealkylation sites (N-methyl/N-ethyl adjacent to an activating group) is 1. The van der Waals surface area contributed by atoms with Gasteiger partial charge in [-0.25, -0.2) is 0 Å². The van der Waals surface area contributed by atoms with Crippen LogP contribution in [0.5, 0.6) is 5.75 Å². The molecule has 0 saturated heterocycles. The Morgan fingerprint density at radius 1 is 1.27 bits per heavy atom. The van der Waals surface area contributed by atoms with Crippen LogP contribution in [0.25, 0.3) is 0 Å². The smallest absolute Gasteiger partial charge is 0.267 e. The molecule has 0 aliphatic carbocycles. The second kappa shape index (κ2) is 9.10. The Balaban J connectivity index is 1.62. The fourth-order valence-electron chi connectivity index (χ4n) is 3.13. The summed E-state index contributed by atoms with van der Waals surface area (Å²) in [5, 5.41) is 3.02. The first-order valence-electron chi connectivity index (χ1n) is 9.47. The average Bonchev–Trinajstić information content (AvgIpc) is 2.71. The van der Waals surface area contributed by atoms with Gasteiger partial charge in [0.25, 0.3) is 5.91 Å². The lowest BCUT2D eigenvalue weighted by Gasteiger charge is -2.30. The molecule has 158 valence electrons. The molecule has 1 N–H and O–H groups in total. The predicted octanol–water partition coefficient (Wildman–Crippen LogP) is 4.34. The zero-order valence-electron chi connectivity index (χ0n) is 17.2. The molecule has 1 aliphatic rings. The molecule has 6 nitrogen and oxygen atoms in total. The van der Waals surface area contributed by atoms with Crippen LogP contribution in [0.3, 0.4) is 0 Å². The van der Waals surface area contributed by atoms with Gasteiger partial charge in [-0.15, -0.1) is 11.8 Å². The van der Waals surface area contributed by atoms with Crippen LogP contribution in [0, 0.1) is 6.92 Å². The molecular weight excluding hydrogens is 424 g/mol. The molecule has 0 radical (unpaired) electrons. The van der Waals surface area contributed by atoms with E-state index < -0.39 is 11.4 Å². The molecule has 2 amide bonds. The number of hydrogen-bond acceptors (Lipinski definition) is 5. The first-order chi connectivity index (χ1) is 14.2. The topological polar surface area (TPSA) is 75.7 Å².